The summed E-state index contributed by atoms with van der Waals surface area (Å²) in [7, 11) is 0. The van der Waals surface area contributed by atoms with Crippen LogP contribution < -0.4 is 10.2 Å². The Labute approximate surface area is 237 Å². The Morgan fingerprint density at radius 3 is 2.33 bits per heavy atom. The highest BCUT2D eigenvalue weighted by Gasteiger charge is 2.21. The summed E-state index contributed by atoms with van der Waals surface area (Å²) in [4.78, 5) is 39.7. The Hall–Kier alpha value is -4.63. The Morgan fingerprint density at radius 1 is 0.875 bits per heavy atom. The predicted molar refractivity (Wildman–Crippen MR) is 157 cm³/mol. The lowest BCUT2D eigenvalue weighted by atomic mass is 10.1. The molecule has 2 amide bonds. The number of anilines is 2. The maximum absolute atomic E-state index is 13.5. The van der Waals surface area contributed by atoms with E-state index in [4.69, 9.17) is 4.74 Å². The van der Waals surface area contributed by atoms with Crippen LogP contribution in [-0.2, 0) is 22.4 Å². The molecule has 0 bridgehead atoms. The van der Waals surface area contributed by atoms with Crippen molar-refractivity contribution in [1.82, 2.24) is 0 Å². The second kappa shape index (κ2) is 14.0. The molecule has 0 heterocycles. The second-order valence-corrected chi connectivity index (χ2v) is 9.96. The molecule has 0 radical (unpaired) electrons. The molecular formula is C31H29N3O5S. The Kier molecular flexibility index (Phi) is 9.90. The van der Waals surface area contributed by atoms with E-state index in [-0.39, 0.29) is 23.8 Å². The van der Waals surface area contributed by atoms with Crippen LogP contribution in [0.4, 0.5) is 21.9 Å². The van der Waals surface area contributed by atoms with Crippen LogP contribution in [0.5, 0.6) is 0 Å². The number of rotatable bonds is 11. The molecule has 4 aromatic carbocycles. The van der Waals surface area contributed by atoms with Crippen LogP contribution in [0.1, 0.15) is 18.1 Å². The zero-order valence-electron chi connectivity index (χ0n) is 22.0. The SMILES string of the molecule is CCOC(=O)Cc1ccc(Sc2cccc(N(CCc3ccccc3)C(=O)Nc3ccccc3[N+](=O)[O-])c2)cc1. The number of carbonyl (C=O) groups is 2. The number of nitro groups is 1. The van der Waals surface area contributed by atoms with Gasteiger partial charge in [-0.15, -0.1) is 0 Å². The first-order valence-corrected chi connectivity index (χ1v) is 13.6. The minimum atomic E-state index is -0.515. The lowest BCUT2D eigenvalue weighted by Crippen LogP contribution is -2.36. The van der Waals surface area contributed by atoms with Crippen LogP contribution in [0.15, 0.2) is 113 Å². The average Bonchev–Trinajstić information content (AvgIpc) is 2.95. The average molecular weight is 556 g/mol. The Bertz CT molecular complexity index is 1460. The van der Waals surface area contributed by atoms with Crippen molar-refractivity contribution in [3.8, 4) is 0 Å². The maximum atomic E-state index is 13.5. The van der Waals surface area contributed by atoms with Crippen molar-refractivity contribution < 1.29 is 19.2 Å². The van der Waals surface area contributed by atoms with Gasteiger partial charge in [0.25, 0.3) is 5.69 Å². The van der Waals surface area contributed by atoms with Gasteiger partial charge in [-0.25, -0.2) is 4.79 Å². The van der Waals surface area contributed by atoms with Gasteiger partial charge in [0.15, 0.2) is 0 Å². The number of para-hydroxylation sites is 2. The topological polar surface area (TPSA) is 102 Å². The molecule has 0 aliphatic rings. The van der Waals surface area contributed by atoms with Crippen molar-refractivity contribution in [2.24, 2.45) is 0 Å². The Balaban J connectivity index is 1.54. The molecule has 0 atom stereocenters. The third-order valence-electron chi connectivity index (χ3n) is 6.00. The van der Waals surface area contributed by atoms with Gasteiger partial charge in [-0.1, -0.05) is 72.4 Å². The molecule has 1 N–H and O–H groups in total. The Morgan fingerprint density at radius 2 is 1.60 bits per heavy atom. The number of amides is 2. The highest BCUT2D eigenvalue weighted by molar-refractivity contribution is 7.99. The molecule has 0 aliphatic carbocycles. The summed E-state index contributed by atoms with van der Waals surface area (Å²) in [6, 6.07) is 30.7. The second-order valence-electron chi connectivity index (χ2n) is 8.82. The number of hydrogen-bond donors (Lipinski definition) is 1. The molecule has 8 nitrogen and oxygen atoms in total. The normalized spacial score (nSPS) is 10.5. The van der Waals surface area contributed by atoms with Crippen LogP contribution >= 0.6 is 11.8 Å². The summed E-state index contributed by atoms with van der Waals surface area (Å²) >= 11 is 1.53. The zero-order chi connectivity index (χ0) is 28.3. The number of benzene rings is 4. The van der Waals surface area contributed by atoms with Crippen LogP contribution in [0.2, 0.25) is 0 Å². The number of nitrogens with zero attached hydrogens (tertiary/aromatic N) is 2. The van der Waals surface area contributed by atoms with Gasteiger partial charge in [-0.3, -0.25) is 19.8 Å². The fraction of sp³-hybridized carbons (Fsp3) is 0.161. The zero-order valence-corrected chi connectivity index (χ0v) is 22.8. The van der Waals surface area contributed by atoms with Crippen LogP contribution in [0, 0.1) is 10.1 Å². The minimum Gasteiger partial charge on any atom is -0.466 e. The molecule has 0 fully saturated rings. The fourth-order valence-electron chi connectivity index (χ4n) is 4.06. The van der Waals surface area contributed by atoms with Crippen LogP contribution in [0.25, 0.3) is 0 Å². The smallest absolute Gasteiger partial charge is 0.326 e. The van der Waals surface area contributed by atoms with E-state index >= 15 is 0 Å². The summed E-state index contributed by atoms with van der Waals surface area (Å²) in [5, 5.41) is 14.2. The summed E-state index contributed by atoms with van der Waals surface area (Å²) in [5.74, 6) is -0.259. The number of urea groups is 1. The lowest BCUT2D eigenvalue weighted by Gasteiger charge is -2.24. The summed E-state index contributed by atoms with van der Waals surface area (Å²) in [6.07, 6.45) is 0.823. The van der Waals surface area contributed by atoms with E-state index < -0.39 is 11.0 Å². The molecule has 204 valence electrons. The van der Waals surface area contributed by atoms with Gasteiger partial charge in [-0.2, -0.15) is 0 Å². The lowest BCUT2D eigenvalue weighted by molar-refractivity contribution is -0.383. The highest BCUT2D eigenvalue weighted by atomic mass is 32.2. The predicted octanol–water partition coefficient (Wildman–Crippen LogP) is 7.13. The quantitative estimate of drug-likeness (QED) is 0.120. The van der Waals surface area contributed by atoms with E-state index in [9.17, 15) is 19.7 Å². The highest BCUT2D eigenvalue weighted by Crippen LogP contribution is 2.31. The molecule has 0 saturated heterocycles. The molecule has 0 saturated carbocycles. The van der Waals surface area contributed by atoms with E-state index in [1.54, 1.807) is 24.0 Å². The summed E-state index contributed by atoms with van der Waals surface area (Å²) in [6.45, 7) is 2.50. The van der Waals surface area contributed by atoms with Crippen molar-refractivity contribution in [2.45, 2.75) is 29.6 Å². The molecule has 9 heteroatoms. The van der Waals surface area contributed by atoms with Gasteiger partial charge in [0.05, 0.1) is 18.0 Å². The van der Waals surface area contributed by atoms with E-state index in [0.29, 0.717) is 25.3 Å². The summed E-state index contributed by atoms with van der Waals surface area (Å²) in [5.41, 5.74) is 2.57. The van der Waals surface area contributed by atoms with Gasteiger partial charge in [0.1, 0.15) is 5.69 Å². The first-order chi connectivity index (χ1) is 19.4. The fourth-order valence-corrected chi connectivity index (χ4v) is 4.93. The van der Waals surface area contributed by atoms with Gasteiger partial charge >= 0.3 is 12.0 Å². The van der Waals surface area contributed by atoms with E-state index in [1.165, 1.54) is 23.9 Å². The van der Waals surface area contributed by atoms with Crippen molar-refractivity contribution in [3.63, 3.8) is 0 Å². The van der Waals surface area contributed by atoms with Crippen LogP contribution in [-0.4, -0.2) is 30.1 Å². The number of hydrogen-bond acceptors (Lipinski definition) is 6. The van der Waals surface area contributed by atoms with E-state index in [1.807, 2.05) is 78.9 Å². The number of nitrogens with one attached hydrogen (secondary N) is 1. The molecular weight excluding hydrogens is 526 g/mol. The third-order valence-corrected chi connectivity index (χ3v) is 6.99. The first kappa shape index (κ1) is 28.4. The number of nitro benzene ring substituents is 1. The minimum absolute atomic E-state index is 0.135. The summed E-state index contributed by atoms with van der Waals surface area (Å²) < 4.78 is 5.02. The van der Waals surface area contributed by atoms with Crippen molar-refractivity contribution in [1.29, 1.82) is 0 Å². The molecule has 0 aromatic heterocycles. The van der Waals surface area contributed by atoms with Gasteiger partial charge in [0.2, 0.25) is 0 Å². The molecule has 4 rings (SSSR count). The first-order valence-electron chi connectivity index (χ1n) is 12.8. The maximum Gasteiger partial charge on any atom is 0.326 e. The van der Waals surface area contributed by atoms with Gasteiger partial charge in [-0.05, 0) is 60.9 Å². The van der Waals surface area contributed by atoms with Gasteiger partial charge in [0, 0.05) is 28.1 Å². The van der Waals surface area contributed by atoms with E-state index in [2.05, 4.69) is 5.32 Å². The molecule has 4 aromatic rings. The molecule has 0 aliphatic heterocycles. The molecule has 0 unspecified atom stereocenters. The van der Waals surface area contributed by atoms with Crippen molar-refractivity contribution in [3.05, 3.63) is 124 Å². The molecule has 40 heavy (non-hydrogen) atoms. The third kappa shape index (κ3) is 7.94. The van der Waals surface area contributed by atoms with Crippen molar-refractivity contribution >= 4 is 40.8 Å². The van der Waals surface area contributed by atoms with Crippen molar-refractivity contribution in [2.75, 3.05) is 23.4 Å². The van der Waals surface area contributed by atoms with E-state index in [0.717, 1.165) is 20.9 Å². The number of carbonyl (C=O) groups excluding carboxylic acids is 2. The number of esters is 1. The standard InChI is InChI=1S/C31H29N3O5S/c1-2-39-30(35)21-24-15-17-26(18-16-24)40-27-12-8-11-25(22-27)33(20-19-23-9-4-3-5-10-23)31(36)32-28-13-6-7-14-29(28)34(37)38/h3-18,22H,2,19-21H2,1H3,(H,32,36). The van der Waals surface area contributed by atoms with Gasteiger partial charge < -0.3 is 10.1 Å². The van der Waals surface area contributed by atoms with Crippen LogP contribution in [0.3, 0.4) is 0 Å². The number of ether oxygens (including phenoxy) is 1. The molecule has 0 spiro atoms. The monoisotopic (exact) mass is 555 g/mol. The largest absolute Gasteiger partial charge is 0.466 e.